The number of amides is 1. The zero-order chi connectivity index (χ0) is 21.6. The first-order valence-corrected chi connectivity index (χ1v) is 11.4. The lowest BCUT2D eigenvalue weighted by molar-refractivity contribution is 0.0619. The van der Waals surface area contributed by atoms with Gasteiger partial charge in [0.05, 0.1) is 18.0 Å². The number of carbonyl (C=O) groups is 1. The summed E-state index contributed by atoms with van der Waals surface area (Å²) in [6.45, 7) is 7.82. The highest BCUT2D eigenvalue weighted by molar-refractivity contribution is 7.92. The van der Waals surface area contributed by atoms with Crippen molar-refractivity contribution in [3.8, 4) is 5.75 Å². The van der Waals surface area contributed by atoms with E-state index in [-0.39, 0.29) is 11.9 Å². The Kier molecular flexibility index (Phi) is 5.38. The lowest BCUT2D eigenvalue weighted by Crippen LogP contribution is -2.41. The molecule has 0 spiro atoms. The van der Waals surface area contributed by atoms with Crippen molar-refractivity contribution in [2.75, 3.05) is 17.6 Å². The lowest BCUT2D eigenvalue weighted by atomic mass is 9.88. The summed E-state index contributed by atoms with van der Waals surface area (Å²) in [5.41, 5.74) is 3.33. The van der Waals surface area contributed by atoms with Gasteiger partial charge in [-0.15, -0.1) is 0 Å². The number of benzene rings is 2. The number of fused-ring (bicyclic) bond motifs is 1. The molecule has 0 radical (unpaired) electrons. The molecule has 3 rings (SSSR count). The highest BCUT2D eigenvalue weighted by Crippen LogP contribution is 2.40. The first kappa shape index (κ1) is 21.2. The molecule has 1 heterocycles. The molecule has 2 aromatic rings. The molecule has 0 aromatic heterocycles. The number of sulfonamides is 1. The van der Waals surface area contributed by atoms with Crippen LogP contribution in [-0.2, 0) is 10.0 Å². The number of anilines is 1. The third-order valence-corrected chi connectivity index (χ3v) is 6.43. The Labute approximate surface area is 172 Å². The fourth-order valence-corrected chi connectivity index (χ4v) is 4.17. The molecule has 7 heteroatoms. The maximum absolute atomic E-state index is 13.0. The summed E-state index contributed by atoms with van der Waals surface area (Å²) in [7, 11) is -1.94. The first-order chi connectivity index (χ1) is 13.4. The number of rotatable bonds is 4. The normalized spacial score (nSPS) is 17.8. The van der Waals surface area contributed by atoms with E-state index in [1.54, 1.807) is 18.2 Å². The molecule has 29 heavy (non-hydrogen) atoms. The van der Waals surface area contributed by atoms with Crippen molar-refractivity contribution in [3.63, 3.8) is 0 Å². The average molecular weight is 417 g/mol. The Morgan fingerprint density at radius 1 is 1.17 bits per heavy atom. The van der Waals surface area contributed by atoms with Crippen LogP contribution in [0.15, 0.2) is 36.4 Å². The van der Waals surface area contributed by atoms with Crippen molar-refractivity contribution >= 4 is 21.6 Å². The molecule has 0 saturated carbocycles. The highest BCUT2D eigenvalue weighted by atomic mass is 32.2. The van der Waals surface area contributed by atoms with Gasteiger partial charge in [-0.1, -0.05) is 23.8 Å². The van der Waals surface area contributed by atoms with Crippen LogP contribution in [0.2, 0.25) is 0 Å². The van der Waals surface area contributed by atoms with Gasteiger partial charge in [-0.05, 0) is 51.5 Å². The quantitative estimate of drug-likeness (QED) is 0.824. The van der Waals surface area contributed by atoms with E-state index in [2.05, 4.69) is 5.32 Å². The van der Waals surface area contributed by atoms with E-state index in [0.29, 0.717) is 17.7 Å². The molecule has 0 aliphatic carbocycles. The first-order valence-electron chi connectivity index (χ1n) is 9.52. The molecule has 0 saturated heterocycles. The second-order valence-corrected chi connectivity index (χ2v) is 10.4. The Hall–Kier alpha value is -2.54. The molecule has 1 N–H and O–H groups in total. The van der Waals surface area contributed by atoms with Gasteiger partial charge in [-0.2, -0.15) is 0 Å². The van der Waals surface area contributed by atoms with Crippen LogP contribution < -0.4 is 14.4 Å². The molecule has 0 fully saturated rings. The van der Waals surface area contributed by atoms with Gasteiger partial charge in [0.2, 0.25) is 10.0 Å². The minimum absolute atomic E-state index is 0.196. The van der Waals surface area contributed by atoms with Crippen LogP contribution in [0.25, 0.3) is 0 Å². The van der Waals surface area contributed by atoms with Crippen molar-refractivity contribution < 1.29 is 17.9 Å². The van der Waals surface area contributed by atoms with E-state index in [4.69, 9.17) is 4.74 Å². The van der Waals surface area contributed by atoms with Crippen LogP contribution in [0.1, 0.15) is 53.4 Å². The number of nitrogens with one attached hydrogen (secondary N) is 1. The van der Waals surface area contributed by atoms with Gasteiger partial charge in [0, 0.05) is 24.6 Å². The van der Waals surface area contributed by atoms with E-state index in [1.807, 2.05) is 45.9 Å². The number of carbonyl (C=O) groups excluding carboxylic acids is 1. The molecule has 0 unspecified atom stereocenters. The lowest BCUT2D eigenvalue weighted by Gasteiger charge is -2.38. The second kappa shape index (κ2) is 7.37. The minimum atomic E-state index is -3.42. The molecular weight excluding hydrogens is 388 g/mol. The van der Waals surface area contributed by atoms with Crippen molar-refractivity contribution in [1.82, 2.24) is 5.32 Å². The van der Waals surface area contributed by atoms with E-state index >= 15 is 0 Å². The third kappa shape index (κ3) is 4.56. The van der Waals surface area contributed by atoms with E-state index in [0.717, 1.165) is 28.7 Å². The smallest absolute Gasteiger partial charge is 0.251 e. The second-order valence-electron chi connectivity index (χ2n) is 8.36. The van der Waals surface area contributed by atoms with Crippen molar-refractivity contribution in [3.05, 3.63) is 58.7 Å². The van der Waals surface area contributed by atoms with Crippen LogP contribution in [0.4, 0.5) is 5.69 Å². The standard InChI is InChI=1S/C22H28N2O4S/c1-14-7-10-20-17(11-14)18(13-22(3,4)28-20)23-21(25)16-9-8-15(2)19(12-16)24(5)29(6,26)27/h7-12,18H,13H2,1-6H3,(H,23,25)/t18-/m1/s1. The van der Waals surface area contributed by atoms with Gasteiger partial charge in [0.15, 0.2) is 0 Å². The van der Waals surface area contributed by atoms with Gasteiger partial charge in [-0.25, -0.2) is 8.42 Å². The summed E-state index contributed by atoms with van der Waals surface area (Å²) >= 11 is 0. The molecule has 6 nitrogen and oxygen atoms in total. The fraction of sp³-hybridized carbons (Fsp3) is 0.409. The van der Waals surface area contributed by atoms with E-state index < -0.39 is 15.6 Å². The van der Waals surface area contributed by atoms with Crippen LogP contribution in [0.5, 0.6) is 5.75 Å². The third-order valence-electron chi connectivity index (χ3n) is 5.24. The number of nitrogens with zero attached hydrogens (tertiary/aromatic N) is 1. The molecule has 1 aliphatic rings. The molecule has 1 atom stereocenters. The van der Waals surface area contributed by atoms with Gasteiger partial charge in [-0.3, -0.25) is 9.10 Å². The number of ether oxygens (including phenoxy) is 1. The van der Waals surface area contributed by atoms with E-state index in [9.17, 15) is 13.2 Å². The van der Waals surface area contributed by atoms with Gasteiger partial charge in [0.1, 0.15) is 11.4 Å². The predicted molar refractivity (Wildman–Crippen MR) is 115 cm³/mol. The van der Waals surface area contributed by atoms with Crippen LogP contribution in [-0.4, -0.2) is 33.2 Å². The Bertz CT molecular complexity index is 1060. The summed E-state index contributed by atoms with van der Waals surface area (Å²) < 4.78 is 31.1. The summed E-state index contributed by atoms with van der Waals surface area (Å²) in [6.07, 6.45) is 1.78. The molecular formula is C22H28N2O4S. The molecule has 156 valence electrons. The fourth-order valence-electron chi connectivity index (χ4n) is 3.61. The maximum atomic E-state index is 13.0. The van der Waals surface area contributed by atoms with Crippen molar-refractivity contribution in [1.29, 1.82) is 0 Å². The molecule has 1 amide bonds. The Morgan fingerprint density at radius 3 is 2.52 bits per heavy atom. The van der Waals surface area contributed by atoms with Crippen LogP contribution in [0, 0.1) is 13.8 Å². The summed E-state index contributed by atoms with van der Waals surface area (Å²) in [5, 5.41) is 3.11. The summed E-state index contributed by atoms with van der Waals surface area (Å²) in [5.74, 6) is 0.530. The monoisotopic (exact) mass is 416 g/mol. The van der Waals surface area contributed by atoms with Crippen LogP contribution >= 0.6 is 0 Å². The number of hydrogen-bond donors (Lipinski definition) is 1. The molecule has 2 aromatic carbocycles. The number of hydrogen-bond acceptors (Lipinski definition) is 4. The maximum Gasteiger partial charge on any atom is 0.251 e. The van der Waals surface area contributed by atoms with Gasteiger partial charge < -0.3 is 10.1 Å². The van der Waals surface area contributed by atoms with Crippen molar-refractivity contribution in [2.45, 2.75) is 45.8 Å². The number of aryl methyl sites for hydroxylation is 2. The predicted octanol–water partition coefficient (Wildman–Crippen LogP) is 3.73. The largest absolute Gasteiger partial charge is 0.487 e. The Morgan fingerprint density at radius 2 is 1.86 bits per heavy atom. The summed E-state index contributed by atoms with van der Waals surface area (Å²) in [6, 6.07) is 10.9. The SMILES string of the molecule is Cc1ccc2c(c1)[C@H](NC(=O)c1ccc(C)c(N(C)S(C)(=O)=O)c1)CC(C)(C)O2. The average Bonchev–Trinajstić information content (AvgIpc) is 2.60. The van der Waals surface area contributed by atoms with Crippen LogP contribution in [0.3, 0.4) is 0 Å². The zero-order valence-corrected chi connectivity index (χ0v) is 18.6. The minimum Gasteiger partial charge on any atom is -0.487 e. The Balaban J connectivity index is 1.92. The van der Waals surface area contributed by atoms with Gasteiger partial charge in [0.25, 0.3) is 5.91 Å². The molecule has 0 bridgehead atoms. The molecule has 1 aliphatic heterocycles. The van der Waals surface area contributed by atoms with Crippen molar-refractivity contribution in [2.24, 2.45) is 0 Å². The van der Waals surface area contributed by atoms with Gasteiger partial charge >= 0.3 is 0 Å². The van der Waals surface area contributed by atoms with E-state index in [1.165, 1.54) is 11.4 Å². The topological polar surface area (TPSA) is 75.7 Å². The summed E-state index contributed by atoms with van der Waals surface area (Å²) in [4.78, 5) is 13.0. The zero-order valence-electron chi connectivity index (χ0n) is 17.7. The highest BCUT2D eigenvalue weighted by Gasteiger charge is 2.34.